The van der Waals surface area contributed by atoms with Crippen molar-refractivity contribution in [3.63, 3.8) is 0 Å². The minimum atomic E-state index is 0. The molecule has 1 amide bonds. The number of aromatic nitrogens is 2. The Bertz CT molecular complexity index is 778. The van der Waals surface area contributed by atoms with Gasteiger partial charge in [-0.05, 0) is 44.0 Å². The minimum Gasteiger partial charge on any atom is -0.328 e. The van der Waals surface area contributed by atoms with E-state index in [0.717, 1.165) is 28.7 Å². The van der Waals surface area contributed by atoms with Gasteiger partial charge in [-0.3, -0.25) is 9.48 Å². The molecule has 2 bridgehead atoms. The van der Waals surface area contributed by atoms with Gasteiger partial charge in [0.15, 0.2) is 0 Å². The van der Waals surface area contributed by atoms with Gasteiger partial charge >= 0.3 is 0 Å². The number of nitrogens with zero attached hydrogens (tertiary/aromatic N) is 4. The number of hydrogen-bond acceptors (Lipinski definition) is 3. The molecule has 6 heteroatoms. The van der Waals surface area contributed by atoms with Gasteiger partial charge in [0, 0.05) is 25.0 Å². The van der Waals surface area contributed by atoms with Crippen LogP contribution < -0.4 is 0 Å². The SMILES string of the molecule is Cl.Cn1nc2c3c(cccc31)C(=O)N([C@@H]1CN3CCC1CC3)C2. The molecular formula is C17H21ClN4O. The van der Waals surface area contributed by atoms with Crippen LogP contribution in [0, 0.1) is 5.92 Å². The van der Waals surface area contributed by atoms with E-state index in [1.165, 1.54) is 25.9 Å². The van der Waals surface area contributed by atoms with Gasteiger partial charge in [0.1, 0.15) is 0 Å². The second-order valence-corrected chi connectivity index (χ2v) is 6.91. The third-order valence-electron chi connectivity index (χ3n) is 5.78. The van der Waals surface area contributed by atoms with Gasteiger partial charge in [0.2, 0.25) is 0 Å². The Morgan fingerprint density at radius 2 is 2.00 bits per heavy atom. The van der Waals surface area contributed by atoms with Crippen molar-refractivity contribution in [1.29, 1.82) is 0 Å². The lowest BCUT2D eigenvalue weighted by atomic mass is 9.82. The van der Waals surface area contributed by atoms with Crippen molar-refractivity contribution >= 4 is 29.2 Å². The Kier molecular flexibility index (Phi) is 3.39. The van der Waals surface area contributed by atoms with E-state index in [2.05, 4.69) is 14.9 Å². The fourth-order valence-corrected chi connectivity index (χ4v) is 4.63. The summed E-state index contributed by atoms with van der Waals surface area (Å²) in [5.41, 5.74) is 2.96. The number of halogens is 1. The van der Waals surface area contributed by atoms with Gasteiger partial charge < -0.3 is 9.80 Å². The highest BCUT2D eigenvalue weighted by atomic mass is 35.5. The highest BCUT2D eigenvalue weighted by molar-refractivity contribution is 6.09. The molecule has 0 saturated carbocycles. The summed E-state index contributed by atoms with van der Waals surface area (Å²) in [5.74, 6) is 0.864. The lowest BCUT2D eigenvalue weighted by Crippen LogP contribution is -2.59. The van der Waals surface area contributed by atoms with Crippen molar-refractivity contribution in [3.05, 3.63) is 29.5 Å². The molecule has 5 heterocycles. The summed E-state index contributed by atoms with van der Waals surface area (Å²) in [6.07, 6.45) is 2.46. The van der Waals surface area contributed by atoms with Crippen LogP contribution in [0.25, 0.3) is 10.9 Å². The molecule has 1 atom stereocenters. The largest absolute Gasteiger partial charge is 0.328 e. The van der Waals surface area contributed by atoms with Crippen molar-refractivity contribution < 1.29 is 4.79 Å². The molecule has 0 N–H and O–H groups in total. The zero-order valence-electron chi connectivity index (χ0n) is 13.2. The van der Waals surface area contributed by atoms with E-state index >= 15 is 0 Å². The third-order valence-corrected chi connectivity index (χ3v) is 5.78. The van der Waals surface area contributed by atoms with E-state index in [1.807, 2.05) is 29.9 Å². The van der Waals surface area contributed by atoms with Gasteiger partial charge in [0.05, 0.1) is 23.3 Å². The number of aryl methyl sites for hydroxylation is 1. The second-order valence-electron chi connectivity index (χ2n) is 6.91. The Morgan fingerprint density at radius 3 is 2.70 bits per heavy atom. The predicted octanol–water partition coefficient (Wildman–Crippen LogP) is 2.05. The fraction of sp³-hybridized carbons (Fsp3) is 0.529. The quantitative estimate of drug-likeness (QED) is 0.802. The van der Waals surface area contributed by atoms with Crippen molar-refractivity contribution in [2.75, 3.05) is 19.6 Å². The molecule has 1 aromatic carbocycles. The van der Waals surface area contributed by atoms with E-state index in [9.17, 15) is 4.79 Å². The highest BCUT2D eigenvalue weighted by Gasteiger charge is 2.41. The number of carbonyl (C=O) groups is 1. The first-order valence-electron chi connectivity index (χ1n) is 8.20. The van der Waals surface area contributed by atoms with Crippen LogP contribution in [0.3, 0.4) is 0 Å². The van der Waals surface area contributed by atoms with Gasteiger partial charge in [-0.15, -0.1) is 12.4 Å². The molecule has 0 unspecified atom stereocenters. The molecule has 122 valence electrons. The van der Waals surface area contributed by atoms with E-state index in [1.54, 1.807) is 0 Å². The van der Waals surface area contributed by atoms with Crippen LogP contribution in [0.2, 0.25) is 0 Å². The van der Waals surface area contributed by atoms with E-state index in [-0.39, 0.29) is 18.3 Å². The lowest BCUT2D eigenvalue weighted by Gasteiger charge is -2.49. The number of hydrogen-bond donors (Lipinski definition) is 0. The van der Waals surface area contributed by atoms with Crippen molar-refractivity contribution in [3.8, 4) is 0 Å². The average Bonchev–Trinajstić information content (AvgIpc) is 2.89. The van der Waals surface area contributed by atoms with Gasteiger partial charge in [-0.25, -0.2) is 0 Å². The van der Waals surface area contributed by atoms with E-state index < -0.39 is 0 Å². The molecule has 0 aliphatic carbocycles. The van der Waals surface area contributed by atoms with Crippen LogP contribution >= 0.6 is 12.4 Å². The number of carbonyl (C=O) groups excluding carboxylic acids is 1. The maximum absolute atomic E-state index is 13.1. The molecule has 6 rings (SSSR count). The van der Waals surface area contributed by atoms with Crippen LogP contribution in [0.5, 0.6) is 0 Å². The van der Waals surface area contributed by atoms with Crippen LogP contribution in [0.4, 0.5) is 0 Å². The first kappa shape index (κ1) is 15.0. The zero-order chi connectivity index (χ0) is 14.8. The summed E-state index contributed by atoms with van der Waals surface area (Å²) >= 11 is 0. The molecular weight excluding hydrogens is 312 g/mol. The molecule has 23 heavy (non-hydrogen) atoms. The molecule has 4 aliphatic rings. The average molecular weight is 333 g/mol. The summed E-state index contributed by atoms with van der Waals surface area (Å²) in [6.45, 7) is 4.11. The standard InChI is InChI=1S/C17H20N4O.ClH/c1-19-14-4-2-3-12-16(14)13(18-19)9-21(17(12)22)15-10-20-7-5-11(15)6-8-20;/h2-4,11,15H,5-10H2,1H3;1H/t15-;/m1./s1. The van der Waals surface area contributed by atoms with Crippen LogP contribution in [0.1, 0.15) is 28.9 Å². The topological polar surface area (TPSA) is 41.4 Å². The Labute approximate surface area is 141 Å². The van der Waals surface area contributed by atoms with E-state index in [0.29, 0.717) is 18.5 Å². The van der Waals surface area contributed by atoms with Crippen LogP contribution in [-0.2, 0) is 13.6 Å². The third kappa shape index (κ3) is 2.03. The molecule has 5 nitrogen and oxygen atoms in total. The van der Waals surface area contributed by atoms with Crippen molar-refractivity contribution in [2.45, 2.75) is 25.4 Å². The number of piperidine rings is 3. The van der Waals surface area contributed by atoms with E-state index in [4.69, 9.17) is 0 Å². The van der Waals surface area contributed by atoms with Crippen molar-refractivity contribution in [1.82, 2.24) is 19.6 Å². The zero-order valence-corrected chi connectivity index (χ0v) is 14.1. The lowest BCUT2D eigenvalue weighted by molar-refractivity contribution is 0.00363. The summed E-state index contributed by atoms with van der Waals surface area (Å²) in [6, 6.07) is 6.34. The normalized spacial score (nSPS) is 29.0. The first-order valence-corrected chi connectivity index (χ1v) is 8.20. The second kappa shape index (κ2) is 5.21. The number of amides is 1. The minimum absolute atomic E-state index is 0. The van der Waals surface area contributed by atoms with Crippen LogP contribution in [0.15, 0.2) is 18.2 Å². The maximum atomic E-state index is 13.1. The Hall–Kier alpha value is -1.59. The van der Waals surface area contributed by atoms with Crippen molar-refractivity contribution in [2.24, 2.45) is 13.0 Å². The van der Waals surface area contributed by atoms with Gasteiger partial charge in [-0.2, -0.15) is 5.10 Å². The summed E-state index contributed by atoms with van der Waals surface area (Å²) < 4.78 is 1.90. The molecule has 3 fully saturated rings. The number of benzene rings is 1. The maximum Gasteiger partial charge on any atom is 0.255 e. The number of fused-ring (bicyclic) bond motifs is 3. The molecule has 0 radical (unpaired) electrons. The Morgan fingerprint density at radius 1 is 1.22 bits per heavy atom. The summed E-state index contributed by atoms with van der Waals surface area (Å²) in [5, 5.41) is 5.73. The summed E-state index contributed by atoms with van der Waals surface area (Å²) in [7, 11) is 1.96. The molecule has 4 aliphatic heterocycles. The molecule has 0 spiro atoms. The molecule has 1 aromatic heterocycles. The number of rotatable bonds is 1. The Balaban J connectivity index is 0.00000135. The smallest absolute Gasteiger partial charge is 0.255 e. The van der Waals surface area contributed by atoms with Gasteiger partial charge in [-0.1, -0.05) is 6.07 Å². The summed E-state index contributed by atoms with van der Waals surface area (Å²) in [4.78, 5) is 17.7. The highest BCUT2D eigenvalue weighted by Crippen LogP contribution is 2.36. The molecule has 2 aromatic rings. The van der Waals surface area contributed by atoms with Gasteiger partial charge in [0.25, 0.3) is 5.91 Å². The fourth-order valence-electron chi connectivity index (χ4n) is 4.63. The molecule has 3 saturated heterocycles. The predicted molar refractivity (Wildman–Crippen MR) is 90.8 cm³/mol. The first-order chi connectivity index (χ1) is 10.7. The monoisotopic (exact) mass is 332 g/mol. The van der Waals surface area contributed by atoms with Crippen LogP contribution in [-0.4, -0.2) is 51.2 Å².